The molecule has 0 bridgehead atoms. The summed E-state index contributed by atoms with van der Waals surface area (Å²) >= 11 is 4.84. The fourth-order valence-corrected chi connectivity index (χ4v) is 3.44. The van der Waals surface area contributed by atoms with Gasteiger partial charge in [0, 0.05) is 6.20 Å². The van der Waals surface area contributed by atoms with Crippen LogP contribution in [0.2, 0.25) is 0 Å². The van der Waals surface area contributed by atoms with Crippen molar-refractivity contribution in [2.24, 2.45) is 5.92 Å². The molecule has 3 aromatic rings. The summed E-state index contributed by atoms with van der Waals surface area (Å²) < 4.78 is 3.73. The van der Waals surface area contributed by atoms with Crippen LogP contribution in [0, 0.1) is 12.8 Å². The molecule has 2 heterocycles. The van der Waals surface area contributed by atoms with Gasteiger partial charge in [-0.3, -0.25) is 9.48 Å². The van der Waals surface area contributed by atoms with Crippen molar-refractivity contribution in [3.05, 3.63) is 40.6 Å². The fraction of sp³-hybridized carbons (Fsp3) is 0.267. The van der Waals surface area contributed by atoms with Crippen LogP contribution in [0.5, 0.6) is 0 Å². The number of rotatable bonds is 4. The molecule has 3 rings (SSSR count). The minimum absolute atomic E-state index is 0.0525. The molecule has 1 N–H and O–H groups in total. The van der Waals surface area contributed by atoms with E-state index in [1.165, 1.54) is 11.3 Å². The molecule has 0 aliphatic heterocycles. The number of amides is 1. The Labute approximate surface area is 140 Å². The van der Waals surface area contributed by atoms with Crippen LogP contribution in [0.15, 0.2) is 35.1 Å². The number of halogens is 1. The predicted octanol–water partition coefficient (Wildman–Crippen LogP) is 3.84. The highest BCUT2D eigenvalue weighted by atomic mass is 79.9. The maximum atomic E-state index is 12.3. The average Bonchev–Trinajstić information content (AvgIpc) is 3.05. The van der Waals surface area contributed by atoms with E-state index in [2.05, 4.69) is 31.3 Å². The summed E-state index contributed by atoms with van der Waals surface area (Å²) in [7, 11) is 0. The number of para-hydroxylation sites is 1. The van der Waals surface area contributed by atoms with Gasteiger partial charge in [-0.05, 0) is 34.5 Å². The first kappa shape index (κ1) is 15.2. The zero-order valence-electron chi connectivity index (χ0n) is 12.2. The Kier molecular flexibility index (Phi) is 4.26. The molecular formula is C15H15BrN4OS. The van der Waals surface area contributed by atoms with Gasteiger partial charge in [0.2, 0.25) is 5.91 Å². The molecule has 2 aromatic heterocycles. The number of hydrogen-bond acceptors (Lipinski definition) is 4. The largest absolute Gasteiger partial charge is 0.302 e. The summed E-state index contributed by atoms with van der Waals surface area (Å²) in [5.41, 5.74) is 2.06. The Morgan fingerprint density at radius 1 is 1.50 bits per heavy atom. The lowest BCUT2D eigenvalue weighted by Crippen LogP contribution is -2.24. The third-order valence-electron chi connectivity index (χ3n) is 3.36. The lowest BCUT2D eigenvalue weighted by Gasteiger charge is -2.10. The van der Waals surface area contributed by atoms with E-state index in [9.17, 15) is 4.79 Å². The summed E-state index contributed by atoms with van der Waals surface area (Å²) in [4.78, 5) is 16.8. The van der Waals surface area contributed by atoms with Crippen LogP contribution in [0.3, 0.4) is 0 Å². The van der Waals surface area contributed by atoms with Crippen LogP contribution in [0.4, 0.5) is 5.13 Å². The summed E-state index contributed by atoms with van der Waals surface area (Å²) in [6, 6.07) is 6.03. The molecule has 5 nitrogen and oxygen atoms in total. The van der Waals surface area contributed by atoms with Crippen LogP contribution in [0.25, 0.3) is 10.2 Å². The number of carbonyl (C=O) groups excluding carboxylic acids is 1. The lowest BCUT2D eigenvalue weighted by atomic mass is 10.1. The van der Waals surface area contributed by atoms with Crippen molar-refractivity contribution in [2.75, 3.05) is 5.32 Å². The number of aryl methyl sites for hydroxylation is 1. The van der Waals surface area contributed by atoms with E-state index < -0.39 is 0 Å². The summed E-state index contributed by atoms with van der Waals surface area (Å²) in [6.45, 7) is 4.43. The molecule has 114 valence electrons. The molecule has 0 aliphatic rings. The number of hydrogen-bond donors (Lipinski definition) is 1. The Balaban J connectivity index is 1.70. The normalized spacial score (nSPS) is 12.5. The number of nitrogens with zero attached hydrogens (tertiary/aromatic N) is 3. The minimum atomic E-state index is -0.195. The van der Waals surface area contributed by atoms with Gasteiger partial charge < -0.3 is 5.32 Å². The monoisotopic (exact) mass is 378 g/mol. The minimum Gasteiger partial charge on any atom is -0.302 e. The van der Waals surface area contributed by atoms with Crippen LogP contribution >= 0.6 is 27.3 Å². The van der Waals surface area contributed by atoms with Gasteiger partial charge >= 0.3 is 0 Å². The lowest BCUT2D eigenvalue weighted by molar-refractivity contribution is -0.119. The van der Waals surface area contributed by atoms with Gasteiger partial charge in [0.15, 0.2) is 5.13 Å². The zero-order chi connectivity index (χ0) is 15.7. The number of thiazole rings is 1. The number of aromatic nitrogens is 3. The van der Waals surface area contributed by atoms with E-state index in [0.717, 1.165) is 20.3 Å². The number of anilines is 1. The van der Waals surface area contributed by atoms with Crippen molar-refractivity contribution < 1.29 is 4.79 Å². The molecule has 1 atom stereocenters. The first-order chi connectivity index (χ1) is 10.5. The Morgan fingerprint density at radius 3 is 3.00 bits per heavy atom. The second-order valence-corrected chi connectivity index (χ2v) is 7.16. The van der Waals surface area contributed by atoms with Crippen LogP contribution in [-0.2, 0) is 11.3 Å². The van der Waals surface area contributed by atoms with Crippen molar-refractivity contribution in [2.45, 2.75) is 20.4 Å². The molecule has 0 saturated heterocycles. The summed E-state index contributed by atoms with van der Waals surface area (Å²) in [5.74, 6) is -0.247. The molecule has 22 heavy (non-hydrogen) atoms. The standard InChI is InChI=1S/C15H15BrN4OS/c1-9-4-3-5-12-13(9)18-15(22-12)19-14(21)10(2)7-20-8-11(16)6-17-20/h3-6,8,10H,7H2,1-2H3,(H,18,19,21)/t10-/m1/s1. The number of fused-ring (bicyclic) bond motifs is 1. The smallest absolute Gasteiger partial charge is 0.230 e. The fourth-order valence-electron chi connectivity index (χ4n) is 2.17. The molecule has 0 saturated carbocycles. The maximum Gasteiger partial charge on any atom is 0.230 e. The molecule has 0 fully saturated rings. The molecule has 0 radical (unpaired) electrons. The molecule has 1 aromatic carbocycles. The second-order valence-electron chi connectivity index (χ2n) is 5.21. The average molecular weight is 379 g/mol. The van der Waals surface area contributed by atoms with Crippen LogP contribution in [-0.4, -0.2) is 20.7 Å². The Bertz CT molecular complexity index is 826. The van der Waals surface area contributed by atoms with E-state index in [4.69, 9.17) is 0 Å². The third-order valence-corrected chi connectivity index (χ3v) is 4.71. The van der Waals surface area contributed by atoms with E-state index in [0.29, 0.717) is 11.7 Å². The summed E-state index contributed by atoms with van der Waals surface area (Å²) in [6.07, 6.45) is 3.56. The van der Waals surface area contributed by atoms with Crippen molar-refractivity contribution in [3.63, 3.8) is 0 Å². The van der Waals surface area contributed by atoms with Gasteiger partial charge in [0.25, 0.3) is 0 Å². The van der Waals surface area contributed by atoms with Gasteiger partial charge in [-0.25, -0.2) is 4.98 Å². The number of benzene rings is 1. The van der Waals surface area contributed by atoms with Gasteiger partial charge in [0.05, 0.1) is 33.3 Å². The van der Waals surface area contributed by atoms with Crippen molar-refractivity contribution in [1.82, 2.24) is 14.8 Å². The number of nitrogens with one attached hydrogen (secondary N) is 1. The molecule has 0 spiro atoms. The van der Waals surface area contributed by atoms with Crippen LogP contribution < -0.4 is 5.32 Å². The van der Waals surface area contributed by atoms with Crippen molar-refractivity contribution in [1.29, 1.82) is 0 Å². The van der Waals surface area contributed by atoms with Gasteiger partial charge in [0.1, 0.15) is 0 Å². The highest BCUT2D eigenvalue weighted by Gasteiger charge is 2.16. The van der Waals surface area contributed by atoms with E-state index in [1.807, 2.05) is 38.2 Å². The molecule has 0 aliphatic carbocycles. The second kappa shape index (κ2) is 6.18. The summed E-state index contributed by atoms with van der Waals surface area (Å²) in [5, 5.41) is 7.71. The quantitative estimate of drug-likeness (QED) is 0.749. The predicted molar refractivity (Wildman–Crippen MR) is 92.1 cm³/mol. The van der Waals surface area contributed by atoms with Crippen molar-refractivity contribution in [3.8, 4) is 0 Å². The SMILES string of the molecule is Cc1cccc2sc(NC(=O)[C@H](C)Cn3cc(Br)cn3)nc12. The maximum absolute atomic E-state index is 12.3. The van der Waals surface area contributed by atoms with Gasteiger partial charge in [-0.15, -0.1) is 0 Å². The molecule has 7 heteroatoms. The topological polar surface area (TPSA) is 59.8 Å². The number of carbonyl (C=O) groups is 1. The molecular weight excluding hydrogens is 364 g/mol. The van der Waals surface area contributed by atoms with Crippen molar-refractivity contribution >= 4 is 48.5 Å². The zero-order valence-corrected chi connectivity index (χ0v) is 14.6. The highest BCUT2D eigenvalue weighted by Crippen LogP contribution is 2.28. The third kappa shape index (κ3) is 3.20. The van der Waals surface area contributed by atoms with Gasteiger partial charge in [-0.1, -0.05) is 30.4 Å². The first-order valence-corrected chi connectivity index (χ1v) is 8.49. The van der Waals surface area contributed by atoms with E-state index in [1.54, 1.807) is 10.9 Å². The Hall–Kier alpha value is -1.73. The molecule has 1 amide bonds. The Morgan fingerprint density at radius 2 is 2.32 bits per heavy atom. The van der Waals surface area contributed by atoms with E-state index in [-0.39, 0.29) is 11.8 Å². The van der Waals surface area contributed by atoms with Crippen LogP contribution in [0.1, 0.15) is 12.5 Å². The molecule has 0 unspecified atom stereocenters. The highest BCUT2D eigenvalue weighted by molar-refractivity contribution is 9.10. The first-order valence-electron chi connectivity index (χ1n) is 6.88. The van der Waals surface area contributed by atoms with Gasteiger partial charge in [-0.2, -0.15) is 5.10 Å². The van der Waals surface area contributed by atoms with E-state index >= 15 is 0 Å².